The summed E-state index contributed by atoms with van der Waals surface area (Å²) in [6, 6.07) is 0.752. The lowest BCUT2D eigenvalue weighted by Crippen LogP contribution is -2.41. The molecule has 0 aromatic rings. The maximum atomic E-state index is 5.51. The Labute approximate surface area is 117 Å². The minimum atomic E-state index is 0.752. The summed E-state index contributed by atoms with van der Waals surface area (Å²) in [5.41, 5.74) is 0. The molecule has 106 valence electrons. The van der Waals surface area contributed by atoms with E-state index < -0.39 is 0 Å². The van der Waals surface area contributed by atoms with E-state index >= 15 is 0 Å². The van der Waals surface area contributed by atoms with Crippen molar-refractivity contribution in [1.29, 1.82) is 0 Å². The average molecular weight is 271 g/mol. The van der Waals surface area contributed by atoms with Crippen LogP contribution in [-0.4, -0.2) is 37.3 Å². The first kappa shape index (κ1) is 14.7. The minimum absolute atomic E-state index is 0.752. The topological polar surface area (TPSA) is 21.3 Å². The largest absolute Gasteiger partial charge is 0.381 e. The minimum Gasteiger partial charge on any atom is -0.381 e. The molecule has 2 saturated heterocycles. The molecule has 1 atom stereocenters. The van der Waals surface area contributed by atoms with Crippen LogP contribution in [0.25, 0.3) is 0 Å². The summed E-state index contributed by atoms with van der Waals surface area (Å²) < 4.78 is 5.51. The van der Waals surface area contributed by atoms with Crippen LogP contribution in [0.4, 0.5) is 0 Å². The summed E-state index contributed by atoms with van der Waals surface area (Å²) in [5.74, 6) is 4.61. The fraction of sp³-hybridized carbons (Fsp3) is 1.00. The second-order valence-electron chi connectivity index (χ2n) is 5.80. The fourth-order valence-electron chi connectivity index (χ4n) is 3.23. The molecule has 0 aromatic heterocycles. The molecule has 0 radical (unpaired) electrons. The highest BCUT2D eigenvalue weighted by Crippen LogP contribution is 2.30. The summed E-state index contributed by atoms with van der Waals surface area (Å²) in [6.45, 7) is 5.42. The number of hydrogen-bond donors (Lipinski definition) is 1. The first-order valence-electron chi connectivity index (χ1n) is 7.79. The highest BCUT2D eigenvalue weighted by Gasteiger charge is 2.26. The van der Waals surface area contributed by atoms with Gasteiger partial charge in [-0.25, -0.2) is 0 Å². The van der Waals surface area contributed by atoms with Gasteiger partial charge in [0.15, 0.2) is 0 Å². The Kier molecular flexibility index (Phi) is 6.88. The molecule has 0 amide bonds. The van der Waals surface area contributed by atoms with Gasteiger partial charge in [-0.2, -0.15) is 11.8 Å². The Bertz CT molecular complexity index is 213. The zero-order valence-corrected chi connectivity index (χ0v) is 12.6. The number of thioether (sulfide) groups is 1. The van der Waals surface area contributed by atoms with Crippen LogP contribution in [0.15, 0.2) is 0 Å². The van der Waals surface area contributed by atoms with Crippen LogP contribution in [0.5, 0.6) is 0 Å². The number of rotatable bonds is 6. The Hall–Kier alpha value is 0.270. The van der Waals surface area contributed by atoms with E-state index in [1.54, 1.807) is 0 Å². The van der Waals surface area contributed by atoms with Crippen molar-refractivity contribution >= 4 is 11.8 Å². The van der Waals surface area contributed by atoms with E-state index in [1.165, 1.54) is 56.6 Å². The standard InChI is InChI=1S/C15H29NOS/c1-2-7-16-15(14-3-8-17-9-4-14)12-13-5-10-18-11-6-13/h13-16H,2-12H2,1H3. The van der Waals surface area contributed by atoms with Crippen LogP contribution >= 0.6 is 11.8 Å². The second-order valence-corrected chi connectivity index (χ2v) is 7.03. The Morgan fingerprint density at radius 2 is 1.89 bits per heavy atom. The van der Waals surface area contributed by atoms with Gasteiger partial charge in [0.05, 0.1) is 0 Å². The van der Waals surface area contributed by atoms with Gasteiger partial charge < -0.3 is 10.1 Å². The zero-order valence-electron chi connectivity index (χ0n) is 11.8. The summed E-state index contributed by atoms with van der Waals surface area (Å²) in [7, 11) is 0. The van der Waals surface area contributed by atoms with Gasteiger partial charge in [0.1, 0.15) is 0 Å². The van der Waals surface area contributed by atoms with Crippen molar-refractivity contribution in [1.82, 2.24) is 5.32 Å². The third-order valence-corrected chi connectivity index (χ3v) is 5.47. The zero-order chi connectivity index (χ0) is 12.6. The monoisotopic (exact) mass is 271 g/mol. The van der Waals surface area contributed by atoms with Crippen molar-refractivity contribution in [2.24, 2.45) is 11.8 Å². The smallest absolute Gasteiger partial charge is 0.0469 e. The molecule has 0 bridgehead atoms. The maximum absolute atomic E-state index is 5.51. The third-order valence-electron chi connectivity index (χ3n) is 4.42. The first-order valence-corrected chi connectivity index (χ1v) is 8.94. The molecule has 2 aliphatic heterocycles. The van der Waals surface area contributed by atoms with Crippen molar-refractivity contribution in [3.63, 3.8) is 0 Å². The summed E-state index contributed by atoms with van der Waals surface area (Å²) in [4.78, 5) is 0. The molecular formula is C15H29NOS. The van der Waals surface area contributed by atoms with Gasteiger partial charge in [-0.05, 0) is 68.4 Å². The fourth-order valence-corrected chi connectivity index (χ4v) is 4.44. The van der Waals surface area contributed by atoms with Gasteiger partial charge in [-0.1, -0.05) is 6.92 Å². The van der Waals surface area contributed by atoms with E-state index in [0.717, 1.165) is 31.1 Å². The normalized spacial score (nSPS) is 25.2. The molecular weight excluding hydrogens is 242 g/mol. The van der Waals surface area contributed by atoms with Crippen molar-refractivity contribution in [2.45, 2.75) is 51.5 Å². The molecule has 1 unspecified atom stereocenters. The Morgan fingerprint density at radius 1 is 1.17 bits per heavy atom. The van der Waals surface area contributed by atoms with Crippen LogP contribution in [-0.2, 0) is 4.74 Å². The van der Waals surface area contributed by atoms with Crippen molar-refractivity contribution in [3.8, 4) is 0 Å². The molecule has 0 saturated carbocycles. The van der Waals surface area contributed by atoms with Crippen molar-refractivity contribution < 1.29 is 4.74 Å². The van der Waals surface area contributed by atoms with Gasteiger partial charge in [0.2, 0.25) is 0 Å². The van der Waals surface area contributed by atoms with E-state index in [9.17, 15) is 0 Å². The van der Waals surface area contributed by atoms with E-state index in [0.29, 0.717) is 0 Å². The quantitative estimate of drug-likeness (QED) is 0.801. The molecule has 2 fully saturated rings. The predicted molar refractivity (Wildman–Crippen MR) is 80.3 cm³/mol. The average Bonchev–Trinajstić information content (AvgIpc) is 2.45. The van der Waals surface area contributed by atoms with Crippen LogP contribution in [0.3, 0.4) is 0 Å². The molecule has 0 aliphatic carbocycles. The Morgan fingerprint density at radius 3 is 2.56 bits per heavy atom. The van der Waals surface area contributed by atoms with Gasteiger partial charge >= 0.3 is 0 Å². The lowest BCUT2D eigenvalue weighted by atomic mass is 9.83. The molecule has 18 heavy (non-hydrogen) atoms. The molecule has 2 heterocycles. The highest BCUT2D eigenvalue weighted by molar-refractivity contribution is 7.99. The van der Waals surface area contributed by atoms with E-state index in [4.69, 9.17) is 4.74 Å². The highest BCUT2D eigenvalue weighted by atomic mass is 32.2. The molecule has 0 aromatic carbocycles. The van der Waals surface area contributed by atoms with Crippen LogP contribution in [0.2, 0.25) is 0 Å². The van der Waals surface area contributed by atoms with E-state index in [-0.39, 0.29) is 0 Å². The van der Waals surface area contributed by atoms with Crippen molar-refractivity contribution in [3.05, 3.63) is 0 Å². The summed E-state index contributed by atoms with van der Waals surface area (Å²) in [5, 5.41) is 3.82. The maximum Gasteiger partial charge on any atom is 0.0469 e. The van der Waals surface area contributed by atoms with Gasteiger partial charge in [0.25, 0.3) is 0 Å². The van der Waals surface area contributed by atoms with Gasteiger partial charge in [0, 0.05) is 19.3 Å². The van der Waals surface area contributed by atoms with Gasteiger partial charge in [-0.3, -0.25) is 0 Å². The summed E-state index contributed by atoms with van der Waals surface area (Å²) in [6.07, 6.45) is 8.08. The number of nitrogens with one attached hydrogen (secondary N) is 1. The van der Waals surface area contributed by atoms with Crippen molar-refractivity contribution in [2.75, 3.05) is 31.3 Å². The summed E-state index contributed by atoms with van der Waals surface area (Å²) >= 11 is 2.14. The Balaban J connectivity index is 1.82. The predicted octanol–water partition coefficient (Wildman–Crippen LogP) is 3.31. The van der Waals surface area contributed by atoms with E-state index in [2.05, 4.69) is 24.0 Å². The molecule has 2 aliphatic rings. The number of ether oxygens (including phenoxy) is 1. The van der Waals surface area contributed by atoms with Gasteiger partial charge in [-0.15, -0.1) is 0 Å². The second kappa shape index (κ2) is 8.44. The molecule has 2 nitrogen and oxygen atoms in total. The number of hydrogen-bond acceptors (Lipinski definition) is 3. The SMILES string of the molecule is CCCNC(CC1CCSCC1)C1CCOCC1. The van der Waals surface area contributed by atoms with Crippen LogP contribution in [0, 0.1) is 11.8 Å². The first-order chi connectivity index (χ1) is 8.90. The van der Waals surface area contributed by atoms with Crippen LogP contribution < -0.4 is 5.32 Å². The third kappa shape index (κ3) is 4.75. The molecule has 0 spiro atoms. The van der Waals surface area contributed by atoms with E-state index in [1.807, 2.05) is 0 Å². The lowest BCUT2D eigenvalue weighted by Gasteiger charge is -2.34. The lowest BCUT2D eigenvalue weighted by molar-refractivity contribution is 0.0499. The molecule has 3 heteroatoms. The van der Waals surface area contributed by atoms with Crippen LogP contribution in [0.1, 0.15) is 45.4 Å². The molecule has 2 rings (SSSR count). The molecule has 1 N–H and O–H groups in total.